The molecule has 0 radical (unpaired) electrons. The van der Waals surface area contributed by atoms with Crippen molar-refractivity contribution in [3.63, 3.8) is 0 Å². The van der Waals surface area contributed by atoms with Gasteiger partial charge in [-0.05, 0) is 97.2 Å². The first-order chi connectivity index (χ1) is 24.3. The molecule has 5 rings (SSSR count). The van der Waals surface area contributed by atoms with Gasteiger partial charge in [0.1, 0.15) is 11.6 Å². The fraction of sp³-hybridized carbons (Fsp3) is 0.302. The molecule has 6 nitrogen and oxygen atoms in total. The standard InChI is InChI=1S/C43H50FN3O3/c1-5-7-8-12-32(25-31(3)35-27-34(6-2)43(49)42(48)28-35)30-47(36-13-11-14-38(50-4)18-17-36)37-20-23-46(24-21-37)29-33-19-22-45-41(26-33)39-15-9-10-16-40(39)44/h6-12,14-19,22,25-28,37,41,45,48-49H,2,5,13,20-21,23-24,29-30H2,1,3-4H3/b8-7+,31-25+,32-12+. The van der Waals surface area contributed by atoms with E-state index in [9.17, 15) is 14.6 Å². The highest BCUT2D eigenvalue weighted by molar-refractivity contribution is 5.73. The first kappa shape index (κ1) is 36.3. The van der Waals surface area contributed by atoms with Crippen LogP contribution in [-0.4, -0.2) is 59.3 Å². The van der Waals surface area contributed by atoms with E-state index >= 15 is 0 Å². The number of aromatic hydroxyl groups is 2. The van der Waals surface area contributed by atoms with Crippen molar-refractivity contribution >= 4 is 11.6 Å². The van der Waals surface area contributed by atoms with Crippen molar-refractivity contribution in [2.24, 2.45) is 0 Å². The number of rotatable bonds is 13. The minimum absolute atomic E-state index is 0.162. The second-order valence-corrected chi connectivity index (χ2v) is 13.0. The van der Waals surface area contributed by atoms with Crippen molar-refractivity contribution in [1.82, 2.24) is 15.1 Å². The molecule has 0 spiro atoms. The summed E-state index contributed by atoms with van der Waals surface area (Å²) in [7, 11) is 1.70. The highest BCUT2D eigenvalue weighted by Crippen LogP contribution is 2.34. The molecule has 2 heterocycles. The van der Waals surface area contributed by atoms with Crippen LogP contribution >= 0.6 is 0 Å². The van der Waals surface area contributed by atoms with Crippen LogP contribution in [0.25, 0.3) is 11.6 Å². The number of methoxy groups -OCH3 is 1. The fourth-order valence-corrected chi connectivity index (χ4v) is 6.70. The van der Waals surface area contributed by atoms with Gasteiger partial charge in [-0.3, -0.25) is 4.90 Å². The molecule has 1 fully saturated rings. The molecule has 0 aromatic heterocycles. The Bertz CT molecular complexity index is 1770. The topological polar surface area (TPSA) is 68.2 Å². The number of ether oxygens (including phenoxy) is 1. The Hall–Kier alpha value is -5.01. The molecule has 2 aliphatic heterocycles. The number of allylic oxidation sites excluding steroid dienone is 8. The summed E-state index contributed by atoms with van der Waals surface area (Å²) in [4.78, 5) is 5.05. The molecule has 0 amide bonds. The lowest BCUT2D eigenvalue weighted by atomic mass is 9.97. The first-order valence-corrected chi connectivity index (χ1v) is 17.5. The second kappa shape index (κ2) is 17.6. The lowest BCUT2D eigenvalue weighted by Crippen LogP contribution is -2.45. The van der Waals surface area contributed by atoms with Crippen LogP contribution in [-0.2, 0) is 4.74 Å². The number of hydrogen-bond donors (Lipinski definition) is 3. The summed E-state index contributed by atoms with van der Waals surface area (Å²) in [6.45, 7) is 11.4. The van der Waals surface area contributed by atoms with Crippen molar-refractivity contribution in [3.8, 4) is 11.5 Å². The van der Waals surface area contributed by atoms with Gasteiger partial charge in [-0.1, -0.05) is 74.2 Å². The van der Waals surface area contributed by atoms with Crippen LogP contribution in [0.4, 0.5) is 4.39 Å². The number of likely N-dealkylation sites (tertiary alicyclic amines) is 1. The maximum atomic E-state index is 14.5. The number of dihydropyridines is 1. The van der Waals surface area contributed by atoms with E-state index in [1.54, 1.807) is 25.3 Å². The zero-order valence-corrected chi connectivity index (χ0v) is 29.5. The number of halogens is 1. The smallest absolute Gasteiger partial charge is 0.164 e. The van der Waals surface area contributed by atoms with Gasteiger partial charge in [0.2, 0.25) is 0 Å². The number of phenols is 2. The lowest BCUT2D eigenvalue weighted by Gasteiger charge is -2.41. The van der Waals surface area contributed by atoms with Gasteiger partial charge in [-0.2, -0.15) is 0 Å². The maximum Gasteiger partial charge on any atom is 0.164 e. The number of nitrogens with zero attached hydrogens (tertiary/aromatic N) is 2. The van der Waals surface area contributed by atoms with Gasteiger partial charge in [0.05, 0.1) is 13.2 Å². The summed E-state index contributed by atoms with van der Waals surface area (Å²) >= 11 is 0. The van der Waals surface area contributed by atoms with Crippen LogP contribution in [0, 0.1) is 5.82 Å². The Balaban J connectivity index is 1.37. The molecule has 0 bridgehead atoms. The monoisotopic (exact) mass is 675 g/mol. The summed E-state index contributed by atoms with van der Waals surface area (Å²) in [5.74, 6) is 0.308. The molecule has 0 saturated carbocycles. The third-order valence-electron chi connectivity index (χ3n) is 9.48. The molecule has 262 valence electrons. The summed E-state index contributed by atoms with van der Waals surface area (Å²) in [6.07, 6.45) is 28.5. The summed E-state index contributed by atoms with van der Waals surface area (Å²) in [5.41, 5.74) is 6.51. The highest BCUT2D eigenvalue weighted by atomic mass is 19.1. The molecular formula is C43H50FN3O3. The van der Waals surface area contributed by atoms with Crippen molar-refractivity contribution in [2.45, 2.75) is 51.6 Å². The fourth-order valence-electron chi connectivity index (χ4n) is 6.70. The van der Waals surface area contributed by atoms with Gasteiger partial charge in [0.25, 0.3) is 0 Å². The van der Waals surface area contributed by atoms with E-state index in [1.807, 2.05) is 43.5 Å². The van der Waals surface area contributed by atoms with Gasteiger partial charge in [-0.25, -0.2) is 4.39 Å². The molecule has 2 aromatic carbocycles. The minimum Gasteiger partial charge on any atom is -0.504 e. The maximum absolute atomic E-state index is 14.5. The normalized spacial score (nSPS) is 19.0. The largest absolute Gasteiger partial charge is 0.504 e. The van der Waals surface area contributed by atoms with E-state index < -0.39 is 0 Å². The van der Waals surface area contributed by atoms with Crippen molar-refractivity contribution < 1.29 is 19.3 Å². The van der Waals surface area contributed by atoms with Crippen LogP contribution in [0.15, 0.2) is 133 Å². The zero-order chi connectivity index (χ0) is 35.5. The summed E-state index contributed by atoms with van der Waals surface area (Å²) < 4.78 is 20.1. The summed E-state index contributed by atoms with van der Waals surface area (Å²) in [5, 5.41) is 24.0. The Labute approximate surface area is 297 Å². The molecule has 7 heteroatoms. The highest BCUT2D eigenvalue weighted by Gasteiger charge is 2.27. The molecule has 3 aliphatic rings. The molecule has 50 heavy (non-hydrogen) atoms. The Morgan fingerprint density at radius 1 is 1.14 bits per heavy atom. The Morgan fingerprint density at radius 2 is 1.94 bits per heavy atom. The molecule has 2 aromatic rings. The first-order valence-electron chi connectivity index (χ1n) is 17.5. The Kier molecular flexibility index (Phi) is 12.8. The van der Waals surface area contributed by atoms with Gasteiger partial charge >= 0.3 is 0 Å². The average Bonchev–Trinajstić information content (AvgIpc) is 3.38. The van der Waals surface area contributed by atoms with E-state index in [-0.39, 0.29) is 23.4 Å². The quantitative estimate of drug-likeness (QED) is 0.145. The van der Waals surface area contributed by atoms with Gasteiger partial charge in [0.15, 0.2) is 11.5 Å². The predicted octanol–water partition coefficient (Wildman–Crippen LogP) is 9.10. The Morgan fingerprint density at radius 3 is 2.68 bits per heavy atom. The second-order valence-electron chi connectivity index (χ2n) is 13.0. The van der Waals surface area contributed by atoms with E-state index in [0.29, 0.717) is 23.7 Å². The van der Waals surface area contributed by atoms with E-state index in [2.05, 4.69) is 77.2 Å². The van der Waals surface area contributed by atoms with Crippen LogP contribution in [0.1, 0.15) is 62.3 Å². The van der Waals surface area contributed by atoms with Crippen molar-refractivity contribution in [3.05, 3.63) is 155 Å². The van der Waals surface area contributed by atoms with Crippen LogP contribution in [0.5, 0.6) is 11.5 Å². The number of hydrogen-bond acceptors (Lipinski definition) is 6. The van der Waals surface area contributed by atoms with Crippen LogP contribution < -0.4 is 5.32 Å². The SMILES string of the molecule is C=Cc1cc(/C(C)=C/C(=C\C=C\CC)CN(C2=CC=C(OC)C=CC2)C2CCN(CC3=CC(c4ccccc4F)NC=C3)CC2)cc(O)c1O. The zero-order valence-electron chi connectivity index (χ0n) is 29.5. The average molecular weight is 676 g/mol. The third-order valence-corrected chi connectivity index (χ3v) is 9.48. The van der Waals surface area contributed by atoms with E-state index in [4.69, 9.17) is 4.74 Å². The van der Waals surface area contributed by atoms with Crippen molar-refractivity contribution in [1.29, 1.82) is 0 Å². The third kappa shape index (κ3) is 9.36. The number of benzene rings is 2. The van der Waals surface area contributed by atoms with Gasteiger partial charge < -0.3 is 25.2 Å². The molecule has 1 unspecified atom stereocenters. The molecule has 1 aliphatic carbocycles. The van der Waals surface area contributed by atoms with Crippen LogP contribution in [0.2, 0.25) is 0 Å². The molecule has 3 N–H and O–H groups in total. The van der Waals surface area contributed by atoms with E-state index in [1.165, 1.54) is 17.3 Å². The van der Waals surface area contributed by atoms with Gasteiger partial charge in [0, 0.05) is 55.5 Å². The molecule has 1 atom stereocenters. The van der Waals surface area contributed by atoms with Gasteiger partial charge in [-0.15, -0.1) is 0 Å². The number of phenolic OH excluding ortho intramolecular Hbond substituents is 2. The van der Waals surface area contributed by atoms with Crippen LogP contribution in [0.3, 0.4) is 0 Å². The lowest BCUT2D eigenvalue weighted by molar-refractivity contribution is 0.145. The minimum atomic E-state index is -0.196. The van der Waals surface area contributed by atoms with E-state index in [0.717, 1.165) is 67.8 Å². The number of piperidine rings is 1. The molecular weight excluding hydrogens is 625 g/mol. The predicted molar refractivity (Wildman–Crippen MR) is 204 cm³/mol. The summed E-state index contributed by atoms with van der Waals surface area (Å²) in [6, 6.07) is 10.5. The van der Waals surface area contributed by atoms with Crippen molar-refractivity contribution in [2.75, 3.05) is 33.3 Å². The molecule has 1 saturated heterocycles. The number of nitrogens with one attached hydrogen (secondary N) is 1.